The van der Waals surface area contributed by atoms with Gasteiger partial charge in [0.05, 0.1) is 11.8 Å². The maximum atomic E-state index is 10.8. The molecule has 1 aromatic carbocycles. The molecule has 0 fully saturated rings. The van der Waals surface area contributed by atoms with E-state index in [0.717, 1.165) is 11.1 Å². The van der Waals surface area contributed by atoms with Crippen molar-refractivity contribution in [2.45, 2.75) is 17.8 Å². The Bertz CT molecular complexity index is 1150. The third-order valence-electron chi connectivity index (χ3n) is 3.89. The molecule has 0 N–H and O–H groups in total. The molecule has 4 aromatic rings. The lowest BCUT2D eigenvalue weighted by atomic mass is 10.1. The zero-order valence-electron chi connectivity index (χ0n) is 14.9. The van der Waals surface area contributed by atoms with Crippen LogP contribution in [-0.4, -0.2) is 29.8 Å². The van der Waals surface area contributed by atoms with E-state index in [2.05, 4.69) is 20.3 Å². The lowest BCUT2D eigenvalue weighted by Crippen LogP contribution is -1.95. The van der Waals surface area contributed by atoms with Crippen LogP contribution in [-0.2, 0) is 12.8 Å². The predicted molar refractivity (Wildman–Crippen MR) is 99.4 cm³/mol. The molecular formula is C17H14N6O4S. The van der Waals surface area contributed by atoms with Gasteiger partial charge in [-0.2, -0.15) is 4.98 Å². The number of hydrogen-bond acceptors (Lipinski definition) is 9. The zero-order valence-corrected chi connectivity index (χ0v) is 15.7. The molecule has 28 heavy (non-hydrogen) atoms. The van der Waals surface area contributed by atoms with Crippen LogP contribution in [0.2, 0.25) is 0 Å². The first-order chi connectivity index (χ1) is 13.5. The molecule has 0 saturated heterocycles. The summed E-state index contributed by atoms with van der Waals surface area (Å²) in [5.41, 5.74) is 1.97. The molecule has 0 bridgehead atoms. The largest absolute Gasteiger partial charge is 0.433 e. The van der Waals surface area contributed by atoms with E-state index in [1.165, 1.54) is 23.9 Å². The molecule has 0 unspecified atom stereocenters. The molecule has 0 atom stereocenters. The summed E-state index contributed by atoms with van der Waals surface area (Å²) in [4.78, 5) is 14.6. The fourth-order valence-electron chi connectivity index (χ4n) is 2.54. The minimum atomic E-state index is -0.600. The van der Waals surface area contributed by atoms with E-state index in [1.54, 1.807) is 11.6 Å². The fourth-order valence-corrected chi connectivity index (χ4v) is 3.29. The molecule has 0 saturated carbocycles. The first-order valence-electron chi connectivity index (χ1n) is 8.17. The maximum absolute atomic E-state index is 10.8. The number of benzene rings is 1. The summed E-state index contributed by atoms with van der Waals surface area (Å²) < 4.78 is 12.2. The van der Waals surface area contributed by atoms with E-state index in [-0.39, 0.29) is 11.6 Å². The smallest absolute Gasteiger partial charge is 0.397 e. The van der Waals surface area contributed by atoms with Gasteiger partial charge in [0.2, 0.25) is 5.82 Å². The van der Waals surface area contributed by atoms with Crippen molar-refractivity contribution in [3.63, 3.8) is 0 Å². The van der Waals surface area contributed by atoms with Gasteiger partial charge in [-0.15, -0.1) is 10.2 Å². The molecule has 10 nitrogen and oxygen atoms in total. The molecule has 0 amide bonds. The number of hydrogen-bond donors (Lipinski definition) is 0. The van der Waals surface area contributed by atoms with E-state index in [4.69, 9.17) is 8.94 Å². The third kappa shape index (κ3) is 3.51. The second-order valence-electron chi connectivity index (χ2n) is 5.93. The normalized spacial score (nSPS) is 11.1. The van der Waals surface area contributed by atoms with Gasteiger partial charge in [-0.25, -0.2) is 0 Å². The molecule has 4 rings (SSSR count). The van der Waals surface area contributed by atoms with Crippen molar-refractivity contribution < 1.29 is 13.9 Å². The number of thioether (sulfide) groups is 1. The number of nitrogens with zero attached hydrogens (tertiary/aromatic N) is 6. The summed E-state index contributed by atoms with van der Waals surface area (Å²) >= 11 is 1.37. The number of aromatic nitrogens is 5. The highest BCUT2D eigenvalue weighted by molar-refractivity contribution is 7.98. The summed E-state index contributed by atoms with van der Waals surface area (Å²) in [5, 5.41) is 23.5. The Morgan fingerprint density at radius 1 is 1.25 bits per heavy atom. The highest BCUT2D eigenvalue weighted by Gasteiger charge is 2.19. The van der Waals surface area contributed by atoms with Gasteiger partial charge in [0.1, 0.15) is 4.92 Å². The lowest BCUT2D eigenvalue weighted by molar-refractivity contribution is -0.401. The highest BCUT2D eigenvalue weighted by atomic mass is 32.2. The van der Waals surface area contributed by atoms with Crippen LogP contribution in [0.5, 0.6) is 0 Å². The fraction of sp³-hybridized carbons (Fsp3) is 0.176. The van der Waals surface area contributed by atoms with E-state index < -0.39 is 4.92 Å². The third-order valence-corrected chi connectivity index (χ3v) is 4.91. The van der Waals surface area contributed by atoms with Crippen LogP contribution in [0.3, 0.4) is 0 Å². The molecule has 3 heterocycles. The average molecular weight is 398 g/mol. The van der Waals surface area contributed by atoms with E-state index in [1.807, 2.05) is 31.2 Å². The molecule has 0 spiro atoms. The van der Waals surface area contributed by atoms with Gasteiger partial charge in [0.15, 0.2) is 16.7 Å². The van der Waals surface area contributed by atoms with Gasteiger partial charge in [-0.3, -0.25) is 10.1 Å². The molecule has 0 radical (unpaired) electrons. The van der Waals surface area contributed by atoms with Gasteiger partial charge >= 0.3 is 5.88 Å². The van der Waals surface area contributed by atoms with E-state index >= 15 is 0 Å². The van der Waals surface area contributed by atoms with E-state index in [9.17, 15) is 10.1 Å². The first kappa shape index (κ1) is 17.9. The Hall–Kier alpha value is -3.47. The minimum absolute atomic E-state index is 0.273. The van der Waals surface area contributed by atoms with E-state index in [0.29, 0.717) is 28.4 Å². The second-order valence-corrected chi connectivity index (χ2v) is 6.88. The quantitative estimate of drug-likeness (QED) is 0.272. The van der Waals surface area contributed by atoms with Gasteiger partial charge in [0, 0.05) is 12.6 Å². The number of rotatable bonds is 6. The summed E-state index contributed by atoms with van der Waals surface area (Å²) in [6.45, 7) is 2.00. The van der Waals surface area contributed by atoms with Crippen molar-refractivity contribution in [1.82, 2.24) is 24.9 Å². The van der Waals surface area contributed by atoms with Crippen molar-refractivity contribution >= 4 is 17.6 Å². The topological polar surface area (TPSA) is 126 Å². The van der Waals surface area contributed by atoms with Crippen LogP contribution in [0.4, 0.5) is 5.88 Å². The molecule has 0 aliphatic heterocycles. The van der Waals surface area contributed by atoms with Crippen LogP contribution in [0.25, 0.3) is 23.0 Å². The Labute approximate surface area is 162 Å². The van der Waals surface area contributed by atoms with Gasteiger partial charge in [-0.1, -0.05) is 34.6 Å². The molecule has 0 aliphatic rings. The molecule has 3 aromatic heterocycles. The summed E-state index contributed by atoms with van der Waals surface area (Å²) in [7, 11) is 1.75. The van der Waals surface area contributed by atoms with Crippen molar-refractivity contribution in [2.24, 2.45) is 7.05 Å². The van der Waals surface area contributed by atoms with Crippen molar-refractivity contribution in [1.29, 1.82) is 0 Å². The van der Waals surface area contributed by atoms with Crippen LogP contribution in [0.1, 0.15) is 11.4 Å². The van der Waals surface area contributed by atoms with Crippen molar-refractivity contribution in [2.75, 3.05) is 0 Å². The Morgan fingerprint density at radius 2 is 2.11 bits per heavy atom. The van der Waals surface area contributed by atoms with Gasteiger partial charge in [-0.05, 0) is 25.1 Å². The predicted octanol–water partition coefficient (Wildman–Crippen LogP) is 3.63. The summed E-state index contributed by atoms with van der Waals surface area (Å²) in [6, 6.07) is 10.6. The zero-order chi connectivity index (χ0) is 19.7. The van der Waals surface area contributed by atoms with Gasteiger partial charge < -0.3 is 13.5 Å². The second kappa shape index (κ2) is 7.27. The average Bonchev–Trinajstić information content (AvgIpc) is 3.40. The first-order valence-corrected chi connectivity index (χ1v) is 9.16. The monoisotopic (exact) mass is 398 g/mol. The minimum Gasteiger partial charge on any atom is -0.397 e. The highest BCUT2D eigenvalue weighted by Crippen LogP contribution is 2.28. The molecule has 0 aliphatic carbocycles. The number of aryl methyl sites for hydroxylation is 1. The summed E-state index contributed by atoms with van der Waals surface area (Å²) in [5.74, 6) is 1.74. The van der Waals surface area contributed by atoms with Crippen LogP contribution >= 0.6 is 11.8 Å². The number of furan rings is 1. The van der Waals surface area contributed by atoms with Crippen LogP contribution in [0, 0.1) is 17.0 Å². The van der Waals surface area contributed by atoms with Crippen LogP contribution < -0.4 is 0 Å². The maximum Gasteiger partial charge on any atom is 0.433 e. The molecule has 11 heteroatoms. The number of nitro groups is 1. The Balaban J connectivity index is 1.47. The van der Waals surface area contributed by atoms with Crippen LogP contribution in [0.15, 0.2) is 50.5 Å². The van der Waals surface area contributed by atoms with Crippen molar-refractivity contribution in [3.8, 4) is 23.0 Å². The van der Waals surface area contributed by atoms with Gasteiger partial charge in [0.25, 0.3) is 5.89 Å². The standard InChI is InChI=1S/C17H14N6O4S/c1-10-4-3-5-11(8-10)16-18-13(21-27-16)9-28-17-20-19-15(22(17)2)12-6-7-14(26-12)23(24)25/h3-8H,9H2,1-2H3. The Kier molecular flexibility index (Phi) is 4.65. The lowest BCUT2D eigenvalue weighted by Gasteiger charge is -2.00. The molecular weight excluding hydrogens is 384 g/mol. The molecule has 142 valence electrons. The SMILES string of the molecule is Cc1cccc(-c2nc(CSc3nnc(-c4ccc([N+](=O)[O-])o4)n3C)no2)c1. The summed E-state index contributed by atoms with van der Waals surface area (Å²) in [6.07, 6.45) is 0. The van der Waals surface area contributed by atoms with Crippen molar-refractivity contribution in [3.05, 3.63) is 57.9 Å². The Morgan fingerprint density at radius 3 is 2.86 bits per heavy atom.